The molecule has 1 atom stereocenters. The van der Waals surface area contributed by atoms with Gasteiger partial charge >= 0.3 is 0 Å². The van der Waals surface area contributed by atoms with Gasteiger partial charge < -0.3 is 5.32 Å². The summed E-state index contributed by atoms with van der Waals surface area (Å²) >= 11 is 3.41. The van der Waals surface area contributed by atoms with E-state index in [2.05, 4.69) is 26.0 Å². The number of aryl methyl sites for hydroxylation is 2. The Kier molecular flexibility index (Phi) is 5.82. The Balaban J connectivity index is 2.96. The zero-order chi connectivity index (χ0) is 14.6. The standard InChI is InChI=1S/C13H21BrN2O2S/c1-5-15-8-11(4)19(17,18)16-13-10(3)6-9(2)7-12(13)14/h6-7,11,15-16H,5,8H2,1-4H3. The minimum Gasteiger partial charge on any atom is -0.316 e. The summed E-state index contributed by atoms with van der Waals surface area (Å²) in [5.41, 5.74) is 2.62. The molecule has 1 aromatic carbocycles. The first-order chi connectivity index (χ1) is 8.77. The Morgan fingerprint density at radius 2 is 1.95 bits per heavy atom. The SMILES string of the molecule is CCNCC(C)S(=O)(=O)Nc1c(C)cc(C)cc1Br. The average Bonchev–Trinajstić information content (AvgIpc) is 2.30. The van der Waals surface area contributed by atoms with Gasteiger partial charge in [-0.3, -0.25) is 4.72 Å². The lowest BCUT2D eigenvalue weighted by Gasteiger charge is -2.17. The van der Waals surface area contributed by atoms with Gasteiger partial charge in [-0.15, -0.1) is 0 Å². The minimum absolute atomic E-state index is 0.439. The average molecular weight is 349 g/mol. The number of hydrogen-bond donors (Lipinski definition) is 2. The van der Waals surface area contributed by atoms with Crippen molar-refractivity contribution < 1.29 is 8.42 Å². The molecule has 0 heterocycles. The monoisotopic (exact) mass is 348 g/mol. The summed E-state index contributed by atoms with van der Waals surface area (Å²) in [6.45, 7) is 8.71. The lowest BCUT2D eigenvalue weighted by molar-refractivity contribution is 0.579. The highest BCUT2D eigenvalue weighted by atomic mass is 79.9. The number of rotatable bonds is 6. The number of benzene rings is 1. The Morgan fingerprint density at radius 1 is 1.32 bits per heavy atom. The Morgan fingerprint density at radius 3 is 2.47 bits per heavy atom. The van der Waals surface area contributed by atoms with Crippen LogP contribution in [0.15, 0.2) is 16.6 Å². The molecule has 0 fully saturated rings. The summed E-state index contributed by atoms with van der Waals surface area (Å²) < 4.78 is 27.9. The second-order valence-electron chi connectivity index (χ2n) is 4.70. The maximum Gasteiger partial charge on any atom is 0.236 e. The van der Waals surface area contributed by atoms with Crippen molar-refractivity contribution in [3.8, 4) is 0 Å². The highest BCUT2D eigenvalue weighted by Gasteiger charge is 2.21. The van der Waals surface area contributed by atoms with Crippen molar-refractivity contribution in [2.24, 2.45) is 0 Å². The van der Waals surface area contributed by atoms with Crippen LogP contribution in [0.2, 0.25) is 0 Å². The normalized spacial score (nSPS) is 13.3. The van der Waals surface area contributed by atoms with Crippen LogP contribution in [-0.4, -0.2) is 26.8 Å². The van der Waals surface area contributed by atoms with E-state index < -0.39 is 15.3 Å². The molecule has 0 saturated carbocycles. The largest absolute Gasteiger partial charge is 0.316 e. The van der Waals surface area contributed by atoms with Crippen LogP contribution in [0.3, 0.4) is 0 Å². The van der Waals surface area contributed by atoms with Gasteiger partial charge in [-0.2, -0.15) is 0 Å². The molecular formula is C13H21BrN2O2S. The van der Waals surface area contributed by atoms with Crippen LogP contribution in [-0.2, 0) is 10.0 Å². The maximum atomic E-state index is 12.2. The zero-order valence-corrected chi connectivity index (χ0v) is 14.2. The molecule has 0 spiro atoms. The lowest BCUT2D eigenvalue weighted by atomic mass is 10.1. The minimum atomic E-state index is -3.39. The van der Waals surface area contributed by atoms with Crippen LogP contribution in [0.5, 0.6) is 0 Å². The molecule has 19 heavy (non-hydrogen) atoms. The molecule has 1 rings (SSSR count). The van der Waals surface area contributed by atoms with E-state index >= 15 is 0 Å². The molecule has 0 radical (unpaired) electrons. The molecule has 0 saturated heterocycles. The molecule has 2 N–H and O–H groups in total. The second kappa shape index (κ2) is 6.72. The zero-order valence-electron chi connectivity index (χ0n) is 11.7. The first kappa shape index (κ1) is 16.5. The topological polar surface area (TPSA) is 58.2 Å². The van der Waals surface area contributed by atoms with Gasteiger partial charge in [-0.1, -0.05) is 13.0 Å². The van der Waals surface area contributed by atoms with Gasteiger partial charge in [-0.05, 0) is 60.4 Å². The molecule has 0 aliphatic rings. The summed E-state index contributed by atoms with van der Waals surface area (Å²) in [5.74, 6) is 0. The van der Waals surface area contributed by atoms with Gasteiger partial charge in [0.2, 0.25) is 10.0 Å². The fourth-order valence-electron chi connectivity index (χ4n) is 1.75. The molecule has 0 bridgehead atoms. The molecule has 0 aliphatic carbocycles. The van der Waals surface area contributed by atoms with Gasteiger partial charge in [0.25, 0.3) is 0 Å². The summed E-state index contributed by atoms with van der Waals surface area (Å²) in [6.07, 6.45) is 0. The molecular weight excluding hydrogens is 328 g/mol. The van der Waals surface area contributed by atoms with Gasteiger partial charge in [-0.25, -0.2) is 8.42 Å². The van der Waals surface area contributed by atoms with Crippen molar-refractivity contribution in [3.05, 3.63) is 27.7 Å². The van der Waals surface area contributed by atoms with Crippen molar-refractivity contribution in [2.45, 2.75) is 32.9 Å². The fourth-order valence-corrected chi connectivity index (χ4v) is 3.74. The Hall–Kier alpha value is -0.590. The third kappa shape index (κ3) is 4.47. The van der Waals surface area contributed by atoms with E-state index in [0.717, 1.165) is 22.1 Å². The Labute approximate surface area is 124 Å². The van der Waals surface area contributed by atoms with E-state index in [1.807, 2.05) is 32.9 Å². The van der Waals surface area contributed by atoms with Crippen molar-refractivity contribution in [3.63, 3.8) is 0 Å². The molecule has 108 valence electrons. The van der Waals surface area contributed by atoms with Gasteiger partial charge in [0.1, 0.15) is 0 Å². The second-order valence-corrected chi connectivity index (χ2v) is 7.66. The Bertz CT molecular complexity index is 521. The van der Waals surface area contributed by atoms with Gasteiger partial charge in [0.15, 0.2) is 0 Å². The highest BCUT2D eigenvalue weighted by molar-refractivity contribution is 9.10. The third-order valence-electron chi connectivity index (χ3n) is 2.89. The number of anilines is 1. The van der Waals surface area contributed by atoms with Crippen LogP contribution < -0.4 is 10.0 Å². The van der Waals surface area contributed by atoms with E-state index in [9.17, 15) is 8.42 Å². The molecule has 0 aliphatic heterocycles. The predicted molar refractivity (Wildman–Crippen MR) is 84.2 cm³/mol. The first-order valence-electron chi connectivity index (χ1n) is 6.27. The summed E-state index contributed by atoms with van der Waals surface area (Å²) in [6, 6.07) is 3.86. The van der Waals surface area contributed by atoms with E-state index in [4.69, 9.17) is 0 Å². The predicted octanol–water partition coefficient (Wildman–Crippen LogP) is 2.81. The van der Waals surface area contributed by atoms with Crippen molar-refractivity contribution >= 4 is 31.6 Å². The van der Waals surface area contributed by atoms with E-state index in [0.29, 0.717) is 12.2 Å². The number of sulfonamides is 1. The van der Waals surface area contributed by atoms with Gasteiger partial charge in [0, 0.05) is 11.0 Å². The van der Waals surface area contributed by atoms with Crippen molar-refractivity contribution in [2.75, 3.05) is 17.8 Å². The van der Waals surface area contributed by atoms with Crippen LogP contribution in [0.25, 0.3) is 0 Å². The van der Waals surface area contributed by atoms with Crippen molar-refractivity contribution in [1.29, 1.82) is 0 Å². The summed E-state index contributed by atoms with van der Waals surface area (Å²) in [7, 11) is -3.39. The quantitative estimate of drug-likeness (QED) is 0.830. The number of hydrogen-bond acceptors (Lipinski definition) is 3. The molecule has 0 aromatic heterocycles. The molecule has 1 unspecified atom stereocenters. The van der Waals surface area contributed by atoms with Gasteiger partial charge in [0.05, 0.1) is 10.9 Å². The van der Waals surface area contributed by atoms with Crippen LogP contribution in [0, 0.1) is 13.8 Å². The summed E-state index contributed by atoms with van der Waals surface area (Å²) in [4.78, 5) is 0. The number of halogens is 1. The first-order valence-corrected chi connectivity index (χ1v) is 8.61. The molecule has 1 aromatic rings. The lowest BCUT2D eigenvalue weighted by Crippen LogP contribution is -2.35. The fraction of sp³-hybridized carbons (Fsp3) is 0.538. The molecule has 0 amide bonds. The maximum absolute atomic E-state index is 12.2. The van der Waals surface area contributed by atoms with Crippen molar-refractivity contribution in [1.82, 2.24) is 5.32 Å². The van der Waals surface area contributed by atoms with E-state index in [1.165, 1.54) is 0 Å². The summed E-state index contributed by atoms with van der Waals surface area (Å²) in [5, 5.41) is 2.56. The third-order valence-corrected chi connectivity index (χ3v) is 5.23. The highest BCUT2D eigenvalue weighted by Crippen LogP contribution is 2.29. The molecule has 4 nitrogen and oxygen atoms in total. The van der Waals surface area contributed by atoms with Crippen LogP contribution >= 0.6 is 15.9 Å². The number of nitrogens with one attached hydrogen (secondary N) is 2. The smallest absolute Gasteiger partial charge is 0.236 e. The van der Waals surface area contributed by atoms with Crippen LogP contribution in [0.1, 0.15) is 25.0 Å². The van der Waals surface area contributed by atoms with E-state index in [-0.39, 0.29) is 0 Å². The van der Waals surface area contributed by atoms with Crippen LogP contribution in [0.4, 0.5) is 5.69 Å². The molecule has 6 heteroatoms. The van der Waals surface area contributed by atoms with E-state index in [1.54, 1.807) is 6.92 Å².